The monoisotopic (exact) mass is 245 g/mol. The van der Waals surface area contributed by atoms with E-state index in [1.165, 1.54) is 0 Å². The summed E-state index contributed by atoms with van der Waals surface area (Å²) < 4.78 is 1.84. The summed E-state index contributed by atoms with van der Waals surface area (Å²) in [7, 11) is 0. The fraction of sp³-hybridized carbons (Fsp3) is 0.429. The first-order chi connectivity index (χ1) is 8.67. The third-order valence-electron chi connectivity index (χ3n) is 2.93. The van der Waals surface area contributed by atoms with Gasteiger partial charge in [-0.2, -0.15) is 0 Å². The summed E-state index contributed by atoms with van der Waals surface area (Å²) >= 11 is 0. The fourth-order valence-corrected chi connectivity index (χ4v) is 2.15. The van der Waals surface area contributed by atoms with Gasteiger partial charge in [0.1, 0.15) is 11.3 Å². The maximum absolute atomic E-state index is 11.3. The quantitative estimate of drug-likeness (QED) is 0.760. The zero-order valence-corrected chi connectivity index (χ0v) is 11.1. The van der Waals surface area contributed by atoms with Crippen molar-refractivity contribution in [3.63, 3.8) is 0 Å². The van der Waals surface area contributed by atoms with Crippen molar-refractivity contribution in [2.75, 3.05) is 18.0 Å². The standard InChI is InChI=1S/C14H19N3O/c1-4-16(9-11(2)3)14-12(10-18)17-8-6-5-7-13(17)15-14/h5-8,10-11H,4,9H2,1-3H3. The Labute approximate surface area is 107 Å². The Bertz CT molecular complexity index is 545. The first-order valence-electron chi connectivity index (χ1n) is 6.34. The van der Waals surface area contributed by atoms with Crippen LogP contribution in [0.5, 0.6) is 0 Å². The summed E-state index contributed by atoms with van der Waals surface area (Å²) in [6, 6.07) is 5.75. The highest BCUT2D eigenvalue weighted by atomic mass is 16.1. The van der Waals surface area contributed by atoms with Gasteiger partial charge >= 0.3 is 0 Å². The van der Waals surface area contributed by atoms with Crippen molar-refractivity contribution >= 4 is 17.8 Å². The van der Waals surface area contributed by atoms with Crippen LogP contribution in [0.1, 0.15) is 31.3 Å². The third-order valence-corrected chi connectivity index (χ3v) is 2.93. The molecule has 0 aliphatic rings. The Morgan fingerprint density at radius 2 is 2.22 bits per heavy atom. The van der Waals surface area contributed by atoms with E-state index in [2.05, 4.69) is 30.7 Å². The summed E-state index contributed by atoms with van der Waals surface area (Å²) in [6.45, 7) is 8.17. The average Bonchev–Trinajstić information content (AvgIpc) is 2.73. The number of pyridine rings is 1. The van der Waals surface area contributed by atoms with Crippen molar-refractivity contribution in [2.45, 2.75) is 20.8 Å². The van der Waals surface area contributed by atoms with E-state index < -0.39 is 0 Å². The minimum absolute atomic E-state index is 0.536. The molecule has 0 saturated carbocycles. The Hall–Kier alpha value is -1.84. The molecule has 0 aliphatic carbocycles. The molecule has 0 unspecified atom stereocenters. The molecule has 4 heteroatoms. The van der Waals surface area contributed by atoms with Gasteiger partial charge in [-0.25, -0.2) is 4.98 Å². The van der Waals surface area contributed by atoms with Gasteiger partial charge in [0, 0.05) is 19.3 Å². The molecule has 0 spiro atoms. The molecular weight excluding hydrogens is 226 g/mol. The number of carbonyl (C=O) groups is 1. The normalized spacial score (nSPS) is 11.1. The number of nitrogens with zero attached hydrogens (tertiary/aromatic N) is 3. The first-order valence-corrected chi connectivity index (χ1v) is 6.34. The van der Waals surface area contributed by atoms with Gasteiger partial charge in [0.2, 0.25) is 0 Å². The summed E-state index contributed by atoms with van der Waals surface area (Å²) in [5, 5.41) is 0. The highest BCUT2D eigenvalue weighted by molar-refractivity contribution is 5.83. The van der Waals surface area contributed by atoms with Crippen LogP contribution < -0.4 is 4.90 Å². The maximum Gasteiger partial charge on any atom is 0.170 e. The average molecular weight is 245 g/mol. The lowest BCUT2D eigenvalue weighted by Gasteiger charge is -2.23. The molecule has 4 nitrogen and oxygen atoms in total. The molecule has 0 N–H and O–H groups in total. The number of imidazole rings is 1. The summed E-state index contributed by atoms with van der Waals surface area (Å²) in [4.78, 5) is 18.0. The Morgan fingerprint density at radius 3 is 2.83 bits per heavy atom. The van der Waals surface area contributed by atoms with E-state index in [-0.39, 0.29) is 0 Å². The molecule has 0 bridgehead atoms. The van der Waals surface area contributed by atoms with Crippen LogP contribution in [-0.2, 0) is 0 Å². The van der Waals surface area contributed by atoms with E-state index in [1.54, 1.807) is 0 Å². The van der Waals surface area contributed by atoms with Crippen LogP contribution in [0.3, 0.4) is 0 Å². The molecule has 96 valence electrons. The Balaban J connectivity index is 2.51. The van der Waals surface area contributed by atoms with Crippen molar-refractivity contribution in [1.29, 1.82) is 0 Å². The Morgan fingerprint density at radius 1 is 1.44 bits per heavy atom. The molecule has 2 heterocycles. The number of hydrogen-bond acceptors (Lipinski definition) is 3. The molecule has 18 heavy (non-hydrogen) atoms. The smallest absolute Gasteiger partial charge is 0.170 e. The van der Waals surface area contributed by atoms with Crippen LogP contribution in [-0.4, -0.2) is 28.8 Å². The summed E-state index contributed by atoms with van der Waals surface area (Å²) in [6.07, 6.45) is 2.76. The zero-order chi connectivity index (χ0) is 13.1. The number of aldehydes is 1. The lowest BCUT2D eigenvalue weighted by molar-refractivity contribution is 0.111. The van der Waals surface area contributed by atoms with E-state index in [0.29, 0.717) is 11.6 Å². The van der Waals surface area contributed by atoms with Crippen LogP contribution in [0, 0.1) is 5.92 Å². The van der Waals surface area contributed by atoms with E-state index in [4.69, 9.17) is 0 Å². The molecule has 0 saturated heterocycles. The number of rotatable bonds is 5. The molecular formula is C14H19N3O. The van der Waals surface area contributed by atoms with Gasteiger partial charge in [-0.3, -0.25) is 9.20 Å². The molecule has 0 atom stereocenters. The highest BCUT2D eigenvalue weighted by Crippen LogP contribution is 2.21. The summed E-state index contributed by atoms with van der Waals surface area (Å²) in [5.74, 6) is 1.32. The number of carbonyl (C=O) groups excluding carboxylic acids is 1. The van der Waals surface area contributed by atoms with Crippen molar-refractivity contribution in [3.8, 4) is 0 Å². The number of hydrogen-bond donors (Lipinski definition) is 0. The number of aromatic nitrogens is 2. The number of fused-ring (bicyclic) bond motifs is 1. The van der Waals surface area contributed by atoms with Crippen molar-refractivity contribution in [1.82, 2.24) is 9.38 Å². The van der Waals surface area contributed by atoms with Gasteiger partial charge < -0.3 is 4.90 Å². The van der Waals surface area contributed by atoms with Crippen molar-refractivity contribution in [2.24, 2.45) is 5.92 Å². The van der Waals surface area contributed by atoms with Crippen LogP contribution >= 0.6 is 0 Å². The van der Waals surface area contributed by atoms with Gasteiger partial charge in [0.15, 0.2) is 12.1 Å². The van der Waals surface area contributed by atoms with Gasteiger partial charge in [-0.15, -0.1) is 0 Å². The Kier molecular flexibility index (Phi) is 3.65. The molecule has 0 amide bonds. The second kappa shape index (κ2) is 5.21. The summed E-state index contributed by atoms with van der Waals surface area (Å²) in [5.41, 5.74) is 1.45. The van der Waals surface area contributed by atoms with Crippen molar-refractivity contribution in [3.05, 3.63) is 30.1 Å². The van der Waals surface area contributed by atoms with Crippen LogP contribution in [0.2, 0.25) is 0 Å². The highest BCUT2D eigenvalue weighted by Gasteiger charge is 2.17. The zero-order valence-electron chi connectivity index (χ0n) is 11.1. The molecule has 0 aliphatic heterocycles. The lowest BCUT2D eigenvalue weighted by Crippen LogP contribution is -2.28. The molecule has 2 aromatic heterocycles. The largest absolute Gasteiger partial charge is 0.355 e. The van der Waals surface area contributed by atoms with Crippen LogP contribution in [0.4, 0.5) is 5.82 Å². The van der Waals surface area contributed by atoms with E-state index in [9.17, 15) is 4.79 Å². The van der Waals surface area contributed by atoms with E-state index in [0.717, 1.165) is 30.8 Å². The topological polar surface area (TPSA) is 37.6 Å². The fourth-order valence-electron chi connectivity index (χ4n) is 2.15. The SMILES string of the molecule is CCN(CC(C)C)c1nc2ccccn2c1C=O. The molecule has 2 aromatic rings. The lowest BCUT2D eigenvalue weighted by atomic mass is 10.2. The second-order valence-corrected chi connectivity index (χ2v) is 4.80. The minimum atomic E-state index is 0.536. The minimum Gasteiger partial charge on any atom is -0.355 e. The predicted octanol–water partition coefficient (Wildman–Crippen LogP) is 2.63. The van der Waals surface area contributed by atoms with Crippen LogP contribution in [0.25, 0.3) is 5.65 Å². The third kappa shape index (κ3) is 2.23. The molecule has 0 fully saturated rings. The van der Waals surface area contributed by atoms with Gasteiger partial charge in [0.05, 0.1) is 0 Å². The maximum atomic E-state index is 11.3. The van der Waals surface area contributed by atoms with Crippen LogP contribution in [0.15, 0.2) is 24.4 Å². The second-order valence-electron chi connectivity index (χ2n) is 4.80. The van der Waals surface area contributed by atoms with Gasteiger partial charge in [0.25, 0.3) is 0 Å². The molecule has 2 rings (SSSR count). The van der Waals surface area contributed by atoms with Crippen molar-refractivity contribution < 1.29 is 4.79 Å². The van der Waals surface area contributed by atoms with E-state index >= 15 is 0 Å². The first kappa shape index (κ1) is 12.6. The van der Waals surface area contributed by atoms with Gasteiger partial charge in [-0.1, -0.05) is 19.9 Å². The van der Waals surface area contributed by atoms with E-state index in [1.807, 2.05) is 28.8 Å². The number of anilines is 1. The van der Waals surface area contributed by atoms with Gasteiger partial charge in [-0.05, 0) is 25.0 Å². The predicted molar refractivity (Wildman–Crippen MR) is 73.3 cm³/mol. The molecule has 0 aromatic carbocycles. The molecule has 0 radical (unpaired) electrons.